The van der Waals surface area contributed by atoms with Crippen LogP contribution in [0.5, 0.6) is 5.75 Å². The number of aryl methyl sites for hydroxylation is 1. The molecular formula is C12H10F4O2. The lowest BCUT2D eigenvalue weighted by molar-refractivity contribution is -0.0959. The van der Waals surface area contributed by atoms with E-state index in [0.29, 0.717) is 18.4 Å². The second-order valence-corrected chi connectivity index (χ2v) is 4.00. The van der Waals surface area contributed by atoms with E-state index in [0.717, 1.165) is 6.07 Å². The molecule has 18 heavy (non-hydrogen) atoms. The Morgan fingerprint density at radius 2 is 2.06 bits per heavy atom. The van der Waals surface area contributed by atoms with Crippen LogP contribution in [0.25, 0.3) is 0 Å². The molecule has 2 rings (SSSR count). The molecule has 98 valence electrons. The molecular weight excluding hydrogens is 252 g/mol. The molecule has 0 N–H and O–H groups in total. The van der Waals surface area contributed by atoms with Gasteiger partial charge in [-0.25, -0.2) is 8.78 Å². The van der Waals surface area contributed by atoms with Gasteiger partial charge in [-0.15, -0.1) is 0 Å². The van der Waals surface area contributed by atoms with Gasteiger partial charge in [-0.3, -0.25) is 4.79 Å². The summed E-state index contributed by atoms with van der Waals surface area (Å²) >= 11 is 0. The van der Waals surface area contributed by atoms with E-state index in [1.807, 2.05) is 0 Å². The van der Waals surface area contributed by atoms with Crippen LogP contribution < -0.4 is 4.74 Å². The Morgan fingerprint density at radius 1 is 1.33 bits per heavy atom. The highest BCUT2D eigenvalue weighted by Crippen LogP contribution is 2.35. The first kappa shape index (κ1) is 12.9. The molecule has 0 radical (unpaired) electrons. The fourth-order valence-electron chi connectivity index (χ4n) is 1.85. The Labute approximate surface area is 101 Å². The number of alkyl halides is 4. The number of benzene rings is 1. The van der Waals surface area contributed by atoms with Gasteiger partial charge in [0.2, 0.25) is 5.78 Å². The van der Waals surface area contributed by atoms with E-state index in [1.54, 1.807) is 6.07 Å². The Hall–Kier alpha value is -1.59. The number of hydrogen-bond acceptors (Lipinski definition) is 2. The maximum absolute atomic E-state index is 13.0. The van der Waals surface area contributed by atoms with Crippen LogP contribution in [0.15, 0.2) is 18.2 Å². The zero-order valence-corrected chi connectivity index (χ0v) is 9.26. The van der Waals surface area contributed by atoms with Crippen molar-refractivity contribution in [3.63, 3.8) is 0 Å². The van der Waals surface area contributed by atoms with Crippen LogP contribution in [0.1, 0.15) is 22.3 Å². The molecule has 0 bridgehead atoms. The third-order valence-electron chi connectivity index (χ3n) is 2.75. The van der Waals surface area contributed by atoms with E-state index in [-0.39, 0.29) is 12.4 Å². The van der Waals surface area contributed by atoms with E-state index in [2.05, 4.69) is 0 Å². The summed E-state index contributed by atoms with van der Waals surface area (Å²) in [5, 5.41) is 0. The molecule has 1 aliphatic rings. The Morgan fingerprint density at radius 3 is 2.72 bits per heavy atom. The summed E-state index contributed by atoms with van der Waals surface area (Å²) in [6.45, 7) is 0.289. The van der Waals surface area contributed by atoms with Crippen molar-refractivity contribution >= 4 is 5.78 Å². The Bertz CT molecular complexity index is 471. The largest absolute Gasteiger partial charge is 0.493 e. The van der Waals surface area contributed by atoms with Crippen LogP contribution in [-0.2, 0) is 6.42 Å². The van der Waals surface area contributed by atoms with Crippen molar-refractivity contribution in [2.24, 2.45) is 0 Å². The van der Waals surface area contributed by atoms with Crippen molar-refractivity contribution in [1.29, 1.82) is 0 Å². The SMILES string of the molecule is O=C(c1cccc2c1OCCC2)C(F)(F)C(F)F. The molecule has 1 aromatic carbocycles. The van der Waals surface area contributed by atoms with Crippen molar-refractivity contribution in [2.45, 2.75) is 25.2 Å². The molecule has 6 heteroatoms. The first-order valence-electron chi connectivity index (χ1n) is 5.40. The summed E-state index contributed by atoms with van der Waals surface area (Å²) in [5.74, 6) is -6.57. The van der Waals surface area contributed by atoms with Gasteiger partial charge in [-0.1, -0.05) is 12.1 Å². The fourth-order valence-corrected chi connectivity index (χ4v) is 1.85. The van der Waals surface area contributed by atoms with E-state index in [1.165, 1.54) is 6.07 Å². The molecule has 0 fully saturated rings. The average molecular weight is 262 g/mol. The smallest absolute Gasteiger partial charge is 0.369 e. The Balaban J connectivity index is 2.43. The first-order valence-corrected chi connectivity index (χ1v) is 5.40. The highest BCUT2D eigenvalue weighted by molar-refractivity contribution is 6.04. The Kier molecular flexibility index (Phi) is 3.28. The lowest BCUT2D eigenvalue weighted by Gasteiger charge is -2.21. The lowest BCUT2D eigenvalue weighted by Crippen LogP contribution is -2.37. The fraction of sp³-hybridized carbons (Fsp3) is 0.417. The topological polar surface area (TPSA) is 26.3 Å². The summed E-state index contributed by atoms with van der Waals surface area (Å²) < 4.78 is 55.6. The number of ether oxygens (including phenoxy) is 1. The monoisotopic (exact) mass is 262 g/mol. The van der Waals surface area contributed by atoms with E-state index in [4.69, 9.17) is 4.74 Å². The van der Waals surface area contributed by atoms with Gasteiger partial charge in [0, 0.05) is 0 Å². The van der Waals surface area contributed by atoms with Crippen LogP contribution >= 0.6 is 0 Å². The maximum Gasteiger partial charge on any atom is 0.369 e. The number of rotatable bonds is 3. The summed E-state index contributed by atoms with van der Waals surface area (Å²) in [7, 11) is 0. The van der Waals surface area contributed by atoms with Gasteiger partial charge in [0.15, 0.2) is 0 Å². The van der Waals surface area contributed by atoms with Crippen molar-refractivity contribution in [3.05, 3.63) is 29.3 Å². The molecule has 0 spiro atoms. The molecule has 0 saturated carbocycles. The summed E-state index contributed by atoms with van der Waals surface area (Å²) in [6.07, 6.45) is -2.74. The van der Waals surface area contributed by atoms with Crippen molar-refractivity contribution < 1.29 is 27.1 Å². The van der Waals surface area contributed by atoms with Gasteiger partial charge in [-0.2, -0.15) is 8.78 Å². The molecule has 1 aliphatic heterocycles. The standard InChI is InChI=1S/C12H10F4O2/c13-11(14)12(15,16)10(17)8-5-1-3-7-4-2-6-18-9(7)8/h1,3,5,11H,2,4,6H2. The molecule has 0 atom stereocenters. The van der Waals surface area contributed by atoms with E-state index in [9.17, 15) is 22.4 Å². The predicted octanol–water partition coefficient (Wildman–Crippen LogP) is 3.09. The number of hydrogen-bond donors (Lipinski definition) is 0. The molecule has 1 heterocycles. The van der Waals surface area contributed by atoms with Crippen molar-refractivity contribution in [3.8, 4) is 5.75 Å². The van der Waals surface area contributed by atoms with Crippen molar-refractivity contribution in [2.75, 3.05) is 6.61 Å². The number of halogens is 4. The number of carbonyl (C=O) groups is 1. The van der Waals surface area contributed by atoms with Crippen LogP contribution in [0.2, 0.25) is 0 Å². The maximum atomic E-state index is 13.0. The molecule has 0 aliphatic carbocycles. The van der Waals surface area contributed by atoms with Crippen molar-refractivity contribution in [1.82, 2.24) is 0 Å². The zero-order chi connectivity index (χ0) is 13.3. The summed E-state index contributed by atoms with van der Waals surface area (Å²) in [4.78, 5) is 11.5. The van der Waals surface area contributed by atoms with Crippen LogP contribution in [0.3, 0.4) is 0 Å². The van der Waals surface area contributed by atoms with Gasteiger partial charge >= 0.3 is 12.3 Å². The van der Waals surface area contributed by atoms with Crippen LogP contribution in [0.4, 0.5) is 17.6 Å². The number of carbonyl (C=O) groups excluding carboxylic acids is 1. The minimum Gasteiger partial charge on any atom is -0.493 e. The van der Waals surface area contributed by atoms with Gasteiger partial charge in [0.05, 0.1) is 12.2 Å². The van der Waals surface area contributed by atoms with Gasteiger partial charge in [-0.05, 0) is 24.5 Å². The number of para-hydroxylation sites is 1. The third kappa shape index (κ3) is 2.07. The van der Waals surface area contributed by atoms with Gasteiger partial charge in [0.25, 0.3) is 0 Å². The molecule has 0 saturated heterocycles. The number of fused-ring (bicyclic) bond motifs is 1. The van der Waals surface area contributed by atoms with E-state index >= 15 is 0 Å². The molecule has 1 aromatic rings. The highest BCUT2D eigenvalue weighted by atomic mass is 19.3. The lowest BCUT2D eigenvalue weighted by atomic mass is 9.97. The minimum absolute atomic E-state index is 0.00840. The second-order valence-electron chi connectivity index (χ2n) is 4.00. The number of ketones is 1. The normalized spacial score (nSPS) is 15.2. The first-order chi connectivity index (χ1) is 8.44. The minimum atomic E-state index is -4.68. The van der Waals surface area contributed by atoms with Gasteiger partial charge < -0.3 is 4.74 Å². The third-order valence-corrected chi connectivity index (χ3v) is 2.75. The zero-order valence-electron chi connectivity index (χ0n) is 9.26. The molecule has 0 unspecified atom stereocenters. The van der Waals surface area contributed by atoms with Crippen LogP contribution in [0, 0.1) is 0 Å². The average Bonchev–Trinajstić information content (AvgIpc) is 2.37. The quantitative estimate of drug-likeness (QED) is 0.618. The molecule has 0 amide bonds. The molecule has 2 nitrogen and oxygen atoms in total. The highest BCUT2D eigenvalue weighted by Gasteiger charge is 2.50. The summed E-state index contributed by atoms with van der Waals surface area (Å²) in [5.41, 5.74) is 0.120. The van der Waals surface area contributed by atoms with E-state index < -0.39 is 23.7 Å². The van der Waals surface area contributed by atoms with Gasteiger partial charge in [0.1, 0.15) is 5.75 Å². The summed E-state index contributed by atoms with van der Waals surface area (Å²) in [6, 6.07) is 4.11. The second kappa shape index (κ2) is 4.59. The number of Topliss-reactive ketones (excluding diaryl/α,β-unsaturated/α-hetero) is 1. The van der Waals surface area contributed by atoms with Crippen LogP contribution in [-0.4, -0.2) is 24.7 Å². The molecule has 0 aromatic heterocycles. The predicted molar refractivity (Wildman–Crippen MR) is 55.5 cm³/mol.